The van der Waals surface area contributed by atoms with E-state index in [1.54, 1.807) is 0 Å². The molecule has 0 saturated carbocycles. The van der Waals surface area contributed by atoms with E-state index in [-0.39, 0.29) is 20.6 Å². The summed E-state index contributed by atoms with van der Waals surface area (Å²) < 4.78 is 27.9. The number of rotatable bonds is 2. The van der Waals surface area contributed by atoms with E-state index in [9.17, 15) is 13.9 Å². The van der Waals surface area contributed by atoms with Crippen molar-refractivity contribution in [3.05, 3.63) is 67.1 Å². The van der Waals surface area contributed by atoms with E-state index in [4.69, 9.17) is 11.6 Å². The Bertz CT molecular complexity index is 634. The maximum Gasteiger partial charge on any atom is 0.137 e. The number of aliphatic hydroxyl groups is 1. The molecule has 0 saturated heterocycles. The molecule has 1 atom stereocenters. The molecular weight excluding hydrogens is 405 g/mol. The molecule has 0 fully saturated rings. The summed E-state index contributed by atoms with van der Waals surface area (Å²) in [6, 6.07) is 6.57. The van der Waals surface area contributed by atoms with Crippen molar-refractivity contribution in [1.82, 2.24) is 0 Å². The first-order chi connectivity index (χ1) is 8.90. The zero-order valence-corrected chi connectivity index (χ0v) is 13.2. The second-order valence-corrected chi connectivity index (χ2v) is 5.98. The van der Waals surface area contributed by atoms with Crippen molar-refractivity contribution >= 4 is 43.5 Å². The molecule has 0 aliphatic heterocycles. The molecule has 0 bridgehead atoms. The third-order valence-corrected chi connectivity index (χ3v) is 4.43. The average molecular weight is 412 g/mol. The van der Waals surface area contributed by atoms with Crippen LogP contribution in [-0.4, -0.2) is 5.11 Å². The van der Waals surface area contributed by atoms with Crippen molar-refractivity contribution in [2.45, 2.75) is 6.10 Å². The summed E-state index contributed by atoms with van der Waals surface area (Å²) in [5.74, 6) is -1.15. The van der Waals surface area contributed by atoms with Crippen LogP contribution in [0, 0.1) is 11.6 Å². The monoisotopic (exact) mass is 410 g/mol. The highest BCUT2D eigenvalue weighted by Crippen LogP contribution is 2.32. The van der Waals surface area contributed by atoms with Crippen LogP contribution in [-0.2, 0) is 0 Å². The number of aliphatic hydroxyl groups excluding tert-OH is 1. The summed E-state index contributed by atoms with van der Waals surface area (Å²) >= 11 is 12.0. The molecule has 1 unspecified atom stereocenters. The summed E-state index contributed by atoms with van der Waals surface area (Å²) in [5.41, 5.74) is 0.243. The van der Waals surface area contributed by atoms with E-state index in [2.05, 4.69) is 31.9 Å². The molecule has 0 aliphatic carbocycles. The van der Waals surface area contributed by atoms with Crippen molar-refractivity contribution in [2.24, 2.45) is 0 Å². The molecule has 100 valence electrons. The second kappa shape index (κ2) is 5.87. The van der Waals surface area contributed by atoms with Gasteiger partial charge in [0.15, 0.2) is 0 Å². The van der Waals surface area contributed by atoms with Crippen LogP contribution in [0.25, 0.3) is 0 Å². The number of hydrogen-bond acceptors (Lipinski definition) is 1. The largest absolute Gasteiger partial charge is 0.384 e. The zero-order valence-electron chi connectivity index (χ0n) is 9.30. The van der Waals surface area contributed by atoms with Crippen molar-refractivity contribution in [2.75, 3.05) is 0 Å². The van der Waals surface area contributed by atoms with E-state index in [0.29, 0.717) is 4.47 Å². The first-order valence-corrected chi connectivity index (χ1v) is 7.14. The van der Waals surface area contributed by atoms with Gasteiger partial charge in [-0.15, -0.1) is 0 Å². The van der Waals surface area contributed by atoms with Crippen molar-refractivity contribution in [3.63, 3.8) is 0 Å². The minimum absolute atomic E-state index is 0.00470. The minimum Gasteiger partial charge on any atom is -0.384 e. The number of benzene rings is 2. The lowest BCUT2D eigenvalue weighted by atomic mass is 10.0. The Labute approximate surface area is 130 Å². The molecule has 0 radical (unpaired) electrons. The molecule has 2 rings (SSSR count). The molecule has 19 heavy (non-hydrogen) atoms. The van der Waals surface area contributed by atoms with Gasteiger partial charge in [-0.05, 0) is 61.7 Å². The van der Waals surface area contributed by atoms with Gasteiger partial charge >= 0.3 is 0 Å². The molecule has 2 aromatic rings. The molecule has 0 amide bonds. The van der Waals surface area contributed by atoms with Crippen molar-refractivity contribution in [1.29, 1.82) is 0 Å². The standard InChI is InChI=1S/C13H7Br2ClF2O/c14-8-2-1-6(3-12(8)18)13(19)7-4-10(16)9(15)5-11(7)17/h1-5,13,19H. The van der Waals surface area contributed by atoms with Gasteiger partial charge in [0.1, 0.15) is 17.7 Å². The molecule has 0 aliphatic rings. The fraction of sp³-hybridized carbons (Fsp3) is 0.0769. The fourth-order valence-corrected chi connectivity index (χ4v) is 2.34. The molecule has 2 aromatic carbocycles. The van der Waals surface area contributed by atoms with Crippen LogP contribution in [0.2, 0.25) is 5.02 Å². The normalized spacial score (nSPS) is 12.5. The summed E-state index contributed by atoms with van der Waals surface area (Å²) in [6.45, 7) is 0. The molecule has 0 heterocycles. The Kier molecular flexibility index (Phi) is 4.61. The zero-order chi connectivity index (χ0) is 14.2. The van der Waals surface area contributed by atoms with Gasteiger partial charge in [-0.2, -0.15) is 0 Å². The molecule has 6 heteroatoms. The highest BCUT2D eigenvalue weighted by molar-refractivity contribution is 9.10. The van der Waals surface area contributed by atoms with Crippen LogP contribution in [0.3, 0.4) is 0 Å². The smallest absolute Gasteiger partial charge is 0.137 e. The lowest BCUT2D eigenvalue weighted by molar-refractivity contribution is 0.214. The average Bonchev–Trinajstić information content (AvgIpc) is 2.36. The van der Waals surface area contributed by atoms with Crippen LogP contribution in [0.1, 0.15) is 17.2 Å². The Morgan fingerprint density at radius 1 is 1.00 bits per heavy atom. The summed E-state index contributed by atoms with van der Waals surface area (Å²) in [6.07, 6.45) is -1.28. The molecule has 1 nitrogen and oxygen atoms in total. The Morgan fingerprint density at radius 2 is 1.68 bits per heavy atom. The van der Waals surface area contributed by atoms with Gasteiger partial charge in [0.2, 0.25) is 0 Å². The van der Waals surface area contributed by atoms with Gasteiger partial charge < -0.3 is 5.11 Å². The third-order valence-electron chi connectivity index (χ3n) is 2.59. The quantitative estimate of drug-likeness (QED) is 0.670. The first-order valence-electron chi connectivity index (χ1n) is 5.17. The van der Waals surface area contributed by atoms with E-state index in [0.717, 1.165) is 12.1 Å². The summed E-state index contributed by atoms with van der Waals surface area (Å²) in [4.78, 5) is 0. The predicted octanol–water partition coefficient (Wildman–Crippen LogP) is 5.22. The van der Waals surface area contributed by atoms with Crippen LogP contribution in [0.15, 0.2) is 39.3 Å². The van der Waals surface area contributed by atoms with Crippen LogP contribution in [0.5, 0.6) is 0 Å². The summed E-state index contributed by atoms with van der Waals surface area (Å²) in [5, 5.41) is 10.4. The van der Waals surface area contributed by atoms with Crippen LogP contribution >= 0.6 is 43.5 Å². The number of halogens is 5. The maximum absolute atomic E-state index is 13.8. The van der Waals surface area contributed by atoms with Gasteiger partial charge in [0.25, 0.3) is 0 Å². The van der Waals surface area contributed by atoms with Gasteiger partial charge in [0, 0.05) is 10.0 Å². The second-order valence-electron chi connectivity index (χ2n) is 3.86. The Balaban J connectivity index is 2.46. The molecule has 1 N–H and O–H groups in total. The first kappa shape index (κ1) is 14.9. The van der Waals surface area contributed by atoms with Gasteiger partial charge in [-0.25, -0.2) is 8.78 Å². The number of hydrogen-bond donors (Lipinski definition) is 1. The fourth-order valence-electron chi connectivity index (χ4n) is 1.61. The van der Waals surface area contributed by atoms with Crippen molar-refractivity contribution < 1.29 is 13.9 Å². The van der Waals surface area contributed by atoms with Gasteiger partial charge in [0.05, 0.1) is 9.50 Å². The molecular formula is C13H7Br2ClF2O. The lowest BCUT2D eigenvalue weighted by Gasteiger charge is -2.14. The SMILES string of the molecule is OC(c1ccc(Br)c(F)c1)c1cc(Cl)c(Br)cc1F. The van der Waals surface area contributed by atoms with Crippen LogP contribution in [0.4, 0.5) is 8.78 Å². The van der Waals surface area contributed by atoms with E-state index < -0.39 is 17.7 Å². The maximum atomic E-state index is 13.8. The topological polar surface area (TPSA) is 20.2 Å². The van der Waals surface area contributed by atoms with E-state index in [1.807, 2.05) is 0 Å². The highest BCUT2D eigenvalue weighted by Gasteiger charge is 2.18. The van der Waals surface area contributed by atoms with Gasteiger partial charge in [-0.3, -0.25) is 0 Å². The Hall–Kier alpha value is -0.490. The van der Waals surface area contributed by atoms with Crippen LogP contribution < -0.4 is 0 Å². The lowest BCUT2D eigenvalue weighted by Crippen LogP contribution is -2.03. The van der Waals surface area contributed by atoms with E-state index in [1.165, 1.54) is 18.2 Å². The summed E-state index contributed by atoms with van der Waals surface area (Å²) in [7, 11) is 0. The third kappa shape index (κ3) is 3.16. The van der Waals surface area contributed by atoms with Gasteiger partial charge in [-0.1, -0.05) is 17.7 Å². The predicted molar refractivity (Wildman–Crippen MR) is 77.3 cm³/mol. The molecule has 0 aromatic heterocycles. The minimum atomic E-state index is -1.28. The molecule has 0 spiro atoms. The van der Waals surface area contributed by atoms with Crippen molar-refractivity contribution in [3.8, 4) is 0 Å². The van der Waals surface area contributed by atoms with E-state index >= 15 is 0 Å². The highest BCUT2D eigenvalue weighted by atomic mass is 79.9. The Morgan fingerprint density at radius 3 is 2.32 bits per heavy atom.